The largest absolute Gasteiger partial charge is 0.462 e. The Morgan fingerprint density at radius 3 is 2.43 bits per heavy atom. The average molecular weight is 288 g/mol. The molecule has 116 valence electrons. The molecule has 2 heteroatoms. The van der Waals surface area contributed by atoms with Crippen LogP contribution in [0.25, 0.3) is 0 Å². The Morgan fingerprint density at radius 2 is 1.81 bits per heavy atom. The van der Waals surface area contributed by atoms with E-state index in [0.29, 0.717) is 17.8 Å². The Hall–Kier alpha value is -1.31. The molecule has 1 aliphatic carbocycles. The quantitative estimate of drug-likeness (QED) is 0.744. The van der Waals surface area contributed by atoms with Crippen LogP contribution in [0.1, 0.15) is 58.4 Å². The van der Waals surface area contributed by atoms with Crippen molar-refractivity contribution in [1.82, 2.24) is 0 Å². The first-order chi connectivity index (χ1) is 9.99. The molecular formula is C19H28O2. The number of carbonyl (C=O) groups excluding carboxylic acids is 1. The zero-order valence-corrected chi connectivity index (χ0v) is 13.7. The molecule has 2 nitrogen and oxygen atoms in total. The number of carbonyl (C=O) groups is 1. The summed E-state index contributed by atoms with van der Waals surface area (Å²) in [7, 11) is 0. The van der Waals surface area contributed by atoms with Gasteiger partial charge in [0.25, 0.3) is 0 Å². The standard InChI is InChI=1S/C19H28O2/c1-13(2)17-11-10-14(3)12-18(17)21-19(20)15(4)16-8-6-5-7-9-16/h5-9,13-15,17-18H,10-12H2,1-4H3/t14-,15+,17-,18-/m1/s1. The zero-order valence-electron chi connectivity index (χ0n) is 13.7. The maximum atomic E-state index is 12.5. The van der Waals surface area contributed by atoms with Gasteiger partial charge in [-0.05, 0) is 43.1 Å². The van der Waals surface area contributed by atoms with Gasteiger partial charge in [-0.25, -0.2) is 0 Å². The van der Waals surface area contributed by atoms with Gasteiger partial charge in [-0.1, -0.05) is 57.5 Å². The third kappa shape index (κ3) is 4.09. The molecule has 0 aliphatic heterocycles. The topological polar surface area (TPSA) is 26.3 Å². The van der Waals surface area contributed by atoms with Gasteiger partial charge in [0, 0.05) is 0 Å². The number of benzene rings is 1. The van der Waals surface area contributed by atoms with E-state index in [1.165, 1.54) is 12.8 Å². The maximum absolute atomic E-state index is 12.5. The van der Waals surface area contributed by atoms with Gasteiger partial charge >= 0.3 is 5.97 Å². The van der Waals surface area contributed by atoms with Gasteiger partial charge < -0.3 is 4.74 Å². The minimum atomic E-state index is -0.184. The third-order valence-electron chi connectivity index (χ3n) is 4.88. The van der Waals surface area contributed by atoms with E-state index in [2.05, 4.69) is 20.8 Å². The third-order valence-corrected chi connectivity index (χ3v) is 4.88. The van der Waals surface area contributed by atoms with Gasteiger partial charge in [0.05, 0.1) is 5.92 Å². The lowest BCUT2D eigenvalue weighted by molar-refractivity contribution is -0.157. The van der Waals surface area contributed by atoms with Crippen LogP contribution in [0.2, 0.25) is 0 Å². The molecule has 1 aromatic carbocycles. The van der Waals surface area contributed by atoms with Crippen molar-refractivity contribution in [1.29, 1.82) is 0 Å². The summed E-state index contributed by atoms with van der Waals surface area (Å²) in [6.45, 7) is 8.68. The summed E-state index contributed by atoms with van der Waals surface area (Å²) in [5.74, 6) is 1.47. The van der Waals surface area contributed by atoms with E-state index in [4.69, 9.17) is 4.74 Å². The second-order valence-electron chi connectivity index (χ2n) is 6.93. The minimum absolute atomic E-state index is 0.0778. The van der Waals surface area contributed by atoms with Crippen LogP contribution < -0.4 is 0 Å². The Balaban J connectivity index is 2.02. The van der Waals surface area contributed by atoms with Crippen molar-refractivity contribution in [2.24, 2.45) is 17.8 Å². The molecule has 1 aliphatic rings. The van der Waals surface area contributed by atoms with Crippen molar-refractivity contribution in [2.75, 3.05) is 0 Å². The fourth-order valence-electron chi connectivity index (χ4n) is 3.38. The van der Waals surface area contributed by atoms with Crippen LogP contribution in [0.3, 0.4) is 0 Å². The summed E-state index contributed by atoms with van der Waals surface area (Å²) in [6.07, 6.45) is 3.53. The van der Waals surface area contributed by atoms with Gasteiger partial charge in [-0.2, -0.15) is 0 Å². The van der Waals surface area contributed by atoms with Gasteiger partial charge in [-0.3, -0.25) is 4.79 Å². The number of hydrogen-bond acceptors (Lipinski definition) is 2. The van der Waals surface area contributed by atoms with E-state index in [9.17, 15) is 4.79 Å². The normalized spacial score (nSPS) is 27.4. The predicted molar refractivity (Wildman–Crippen MR) is 86.1 cm³/mol. The first-order valence-electron chi connectivity index (χ1n) is 8.24. The van der Waals surface area contributed by atoms with Crippen LogP contribution in [-0.4, -0.2) is 12.1 Å². The molecule has 4 atom stereocenters. The average Bonchev–Trinajstić information content (AvgIpc) is 2.47. The molecule has 0 heterocycles. The fourth-order valence-corrected chi connectivity index (χ4v) is 3.38. The molecule has 0 N–H and O–H groups in total. The molecule has 0 bridgehead atoms. The predicted octanol–water partition coefficient (Wildman–Crippen LogP) is 4.79. The monoisotopic (exact) mass is 288 g/mol. The first-order valence-corrected chi connectivity index (χ1v) is 8.24. The number of hydrogen-bond donors (Lipinski definition) is 0. The van der Waals surface area contributed by atoms with Crippen molar-refractivity contribution in [2.45, 2.75) is 59.0 Å². The molecule has 0 spiro atoms. The van der Waals surface area contributed by atoms with Crippen LogP contribution in [0.5, 0.6) is 0 Å². The molecule has 0 amide bonds. The second-order valence-corrected chi connectivity index (χ2v) is 6.93. The molecule has 21 heavy (non-hydrogen) atoms. The number of esters is 1. The van der Waals surface area contributed by atoms with Gasteiger partial charge in [0.2, 0.25) is 0 Å². The first kappa shape index (κ1) is 16.1. The maximum Gasteiger partial charge on any atom is 0.313 e. The van der Waals surface area contributed by atoms with Crippen molar-refractivity contribution >= 4 is 5.97 Å². The van der Waals surface area contributed by atoms with Gasteiger partial charge in [0.15, 0.2) is 0 Å². The van der Waals surface area contributed by atoms with Crippen LogP contribution in [0.4, 0.5) is 0 Å². The van der Waals surface area contributed by atoms with E-state index in [1.807, 2.05) is 37.3 Å². The molecule has 0 saturated heterocycles. The van der Waals surface area contributed by atoms with E-state index < -0.39 is 0 Å². The van der Waals surface area contributed by atoms with Crippen molar-refractivity contribution in [3.05, 3.63) is 35.9 Å². The molecule has 0 aromatic heterocycles. The summed E-state index contributed by atoms with van der Waals surface area (Å²) >= 11 is 0. The molecule has 0 radical (unpaired) electrons. The zero-order chi connectivity index (χ0) is 15.4. The lowest BCUT2D eigenvalue weighted by Gasteiger charge is -2.37. The highest BCUT2D eigenvalue weighted by molar-refractivity contribution is 5.77. The van der Waals surface area contributed by atoms with E-state index in [0.717, 1.165) is 12.0 Å². The highest BCUT2D eigenvalue weighted by Gasteiger charge is 2.34. The molecule has 2 rings (SSSR count). The Morgan fingerprint density at radius 1 is 1.14 bits per heavy atom. The smallest absolute Gasteiger partial charge is 0.313 e. The molecule has 1 fully saturated rings. The lowest BCUT2D eigenvalue weighted by Crippen LogP contribution is -2.36. The van der Waals surface area contributed by atoms with Gasteiger partial charge in [-0.15, -0.1) is 0 Å². The van der Waals surface area contributed by atoms with Crippen molar-refractivity contribution in [3.8, 4) is 0 Å². The van der Waals surface area contributed by atoms with Crippen LogP contribution in [-0.2, 0) is 9.53 Å². The highest BCUT2D eigenvalue weighted by Crippen LogP contribution is 2.36. The Kier molecular flexibility index (Phi) is 5.44. The van der Waals surface area contributed by atoms with Crippen LogP contribution in [0, 0.1) is 17.8 Å². The molecule has 1 saturated carbocycles. The fraction of sp³-hybridized carbons (Fsp3) is 0.632. The van der Waals surface area contributed by atoms with Crippen LogP contribution >= 0.6 is 0 Å². The van der Waals surface area contributed by atoms with Crippen molar-refractivity contribution in [3.63, 3.8) is 0 Å². The second kappa shape index (κ2) is 7.11. The van der Waals surface area contributed by atoms with Crippen LogP contribution in [0.15, 0.2) is 30.3 Å². The number of rotatable bonds is 4. The van der Waals surface area contributed by atoms with Crippen molar-refractivity contribution < 1.29 is 9.53 Å². The van der Waals surface area contributed by atoms with Gasteiger partial charge in [0.1, 0.15) is 6.10 Å². The van der Waals surface area contributed by atoms with E-state index in [1.54, 1.807) is 0 Å². The highest BCUT2D eigenvalue weighted by atomic mass is 16.5. The summed E-state index contributed by atoms with van der Waals surface area (Å²) in [5, 5.41) is 0. The Bertz CT molecular complexity index is 452. The minimum Gasteiger partial charge on any atom is -0.462 e. The summed E-state index contributed by atoms with van der Waals surface area (Å²) < 4.78 is 5.91. The van der Waals surface area contributed by atoms with E-state index >= 15 is 0 Å². The molecule has 0 unspecified atom stereocenters. The summed E-state index contributed by atoms with van der Waals surface area (Å²) in [5.41, 5.74) is 1.03. The van der Waals surface area contributed by atoms with E-state index in [-0.39, 0.29) is 18.0 Å². The Labute approximate surface area is 128 Å². The number of ether oxygens (including phenoxy) is 1. The summed E-state index contributed by atoms with van der Waals surface area (Å²) in [6, 6.07) is 9.90. The molecule has 1 aromatic rings. The lowest BCUT2D eigenvalue weighted by atomic mass is 9.75. The molecular weight excluding hydrogens is 260 g/mol. The SMILES string of the molecule is CC(C)[C@H]1CC[C@@H](C)C[C@H]1OC(=O)[C@@H](C)c1ccccc1. The summed E-state index contributed by atoms with van der Waals surface area (Å²) in [4.78, 5) is 12.5.